The Morgan fingerprint density at radius 3 is 2.76 bits per heavy atom. The summed E-state index contributed by atoms with van der Waals surface area (Å²) in [7, 11) is 0. The van der Waals surface area contributed by atoms with E-state index in [1.807, 2.05) is 18.2 Å². The van der Waals surface area contributed by atoms with Crippen molar-refractivity contribution in [1.29, 1.82) is 0 Å². The van der Waals surface area contributed by atoms with Gasteiger partial charge in [0.05, 0.1) is 11.1 Å². The molecule has 0 aliphatic rings. The number of pyridine rings is 1. The summed E-state index contributed by atoms with van der Waals surface area (Å²) in [6.45, 7) is 0. The molecule has 2 rings (SSSR count). The molecule has 1 aromatic heterocycles. The molecule has 0 saturated heterocycles. The third kappa shape index (κ3) is 3.02. The van der Waals surface area contributed by atoms with Crippen LogP contribution in [0.3, 0.4) is 0 Å². The van der Waals surface area contributed by atoms with Crippen molar-refractivity contribution < 1.29 is 9.50 Å². The second kappa shape index (κ2) is 5.25. The summed E-state index contributed by atoms with van der Waals surface area (Å²) in [6.07, 6.45) is 1.31. The first kappa shape index (κ1) is 12.0. The molecule has 2 aromatic rings. The number of aromatic nitrogens is 1. The van der Waals surface area contributed by atoms with Gasteiger partial charge in [0.2, 0.25) is 0 Å². The fraction of sp³-hybridized carbons (Fsp3) is 0.154. The summed E-state index contributed by atoms with van der Waals surface area (Å²) >= 11 is 5.66. The minimum absolute atomic E-state index is 0.0163. The highest BCUT2D eigenvalue weighted by molar-refractivity contribution is 6.30. The van der Waals surface area contributed by atoms with Gasteiger partial charge in [-0.25, -0.2) is 4.39 Å². The number of aliphatic hydroxyl groups is 1. The standard InChI is InChI=1S/C13H11ClFNO/c14-11-7-9(4-5-12(11)15)13(17)8-10-3-1-2-6-16-10/h1-7,13,17H,8H2. The Hall–Kier alpha value is -1.45. The van der Waals surface area contributed by atoms with E-state index in [0.717, 1.165) is 5.69 Å². The molecule has 17 heavy (non-hydrogen) atoms. The fourth-order valence-electron chi connectivity index (χ4n) is 1.55. The maximum atomic E-state index is 13.0. The summed E-state index contributed by atoms with van der Waals surface area (Å²) < 4.78 is 13.0. The van der Waals surface area contributed by atoms with Crippen molar-refractivity contribution in [3.05, 3.63) is 64.7 Å². The molecule has 0 saturated carbocycles. The van der Waals surface area contributed by atoms with Gasteiger partial charge in [0.15, 0.2) is 0 Å². The van der Waals surface area contributed by atoms with Crippen LogP contribution in [0.1, 0.15) is 17.4 Å². The Morgan fingerprint density at radius 2 is 2.12 bits per heavy atom. The molecule has 0 radical (unpaired) electrons. The minimum atomic E-state index is -0.733. The zero-order valence-electron chi connectivity index (χ0n) is 8.98. The molecular formula is C13H11ClFNO. The van der Waals surface area contributed by atoms with Crippen molar-refractivity contribution in [3.63, 3.8) is 0 Å². The molecule has 0 aliphatic heterocycles. The van der Waals surface area contributed by atoms with E-state index in [2.05, 4.69) is 4.98 Å². The maximum Gasteiger partial charge on any atom is 0.141 e. The van der Waals surface area contributed by atoms with E-state index < -0.39 is 11.9 Å². The topological polar surface area (TPSA) is 33.1 Å². The van der Waals surface area contributed by atoms with Crippen molar-refractivity contribution in [2.24, 2.45) is 0 Å². The Labute approximate surface area is 104 Å². The van der Waals surface area contributed by atoms with Crippen LogP contribution in [-0.4, -0.2) is 10.1 Å². The number of halogens is 2. The monoisotopic (exact) mass is 251 g/mol. The second-order valence-electron chi connectivity index (χ2n) is 3.71. The number of benzene rings is 1. The lowest BCUT2D eigenvalue weighted by atomic mass is 10.0. The number of aliphatic hydroxyl groups excluding tert-OH is 1. The molecule has 1 N–H and O–H groups in total. The van der Waals surface area contributed by atoms with Gasteiger partial charge in [-0.3, -0.25) is 4.98 Å². The smallest absolute Gasteiger partial charge is 0.141 e. The maximum absolute atomic E-state index is 13.0. The summed E-state index contributed by atoms with van der Waals surface area (Å²) in [4.78, 5) is 4.12. The molecule has 0 aliphatic carbocycles. The Morgan fingerprint density at radius 1 is 1.29 bits per heavy atom. The molecular weight excluding hydrogens is 241 g/mol. The lowest BCUT2D eigenvalue weighted by Gasteiger charge is -2.10. The SMILES string of the molecule is OC(Cc1ccccn1)c1ccc(F)c(Cl)c1. The van der Waals surface area contributed by atoms with Crippen molar-refractivity contribution in [2.75, 3.05) is 0 Å². The predicted molar refractivity (Wildman–Crippen MR) is 64.3 cm³/mol. The van der Waals surface area contributed by atoms with Crippen LogP contribution in [0.4, 0.5) is 4.39 Å². The van der Waals surface area contributed by atoms with Crippen LogP contribution in [0.5, 0.6) is 0 Å². The first-order valence-electron chi connectivity index (χ1n) is 5.20. The molecule has 1 atom stereocenters. The van der Waals surface area contributed by atoms with E-state index in [9.17, 15) is 9.50 Å². The van der Waals surface area contributed by atoms with Gasteiger partial charge in [-0.2, -0.15) is 0 Å². The van der Waals surface area contributed by atoms with Crippen molar-refractivity contribution in [1.82, 2.24) is 4.98 Å². The van der Waals surface area contributed by atoms with Gasteiger partial charge in [0.25, 0.3) is 0 Å². The molecule has 88 valence electrons. The minimum Gasteiger partial charge on any atom is -0.388 e. The highest BCUT2D eigenvalue weighted by atomic mass is 35.5. The lowest BCUT2D eigenvalue weighted by Crippen LogP contribution is -2.03. The first-order chi connectivity index (χ1) is 8.16. The summed E-state index contributed by atoms with van der Waals surface area (Å²) in [5.74, 6) is -0.486. The summed E-state index contributed by atoms with van der Waals surface area (Å²) in [5, 5.41) is 9.98. The molecule has 0 bridgehead atoms. The normalized spacial score (nSPS) is 12.4. The Kier molecular flexibility index (Phi) is 3.71. The third-order valence-electron chi connectivity index (χ3n) is 2.46. The molecule has 1 unspecified atom stereocenters. The zero-order chi connectivity index (χ0) is 12.3. The average molecular weight is 252 g/mol. The average Bonchev–Trinajstić information content (AvgIpc) is 2.34. The molecule has 1 heterocycles. The second-order valence-corrected chi connectivity index (χ2v) is 4.12. The van der Waals surface area contributed by atoms with E-state index in [1.165, 1.54) is 18.2 Å². The molecule has 2 nitrogen and oxygen atoms in total. The largest absolute Gasteiger partial charge is 0.388 e. The van der Waals surface area contributed by atoms with E-state index in [0.29, 0.717) is 12.0 Å². The van der Waals surface area contributed by atoms with Crippen LogP contribution < -0.4 is 0 Å². The fourth-order valence-corrected chi connectivity index (χ4v) is 1.74. The Bertz CT molecular complexity index is 504. The number of nitrogens with zero attached hydrogens (tertiary/aromatic N) is 1. The van der Waals surface area contributed by atoms with Gasteiger partial charge >= 0.3 is 0 Å². The van der Waals surface area contributed by atoms with Crippen LogP contribution >= 0.6 is 11.6 Å². The van der Waals surface area contributed by atoms with Crippen LogP contribution in [0.2, 0.25) is 5.02 Å². The lowest BCUT2D eigenvalue weighted by molar-refractivity contribution is 0.177. The number of hydrogen-bond donors (Lipinski definition) is 1. The van der Waals surface area contributed by atoms with E-state index in [-0.39, 0.29) is 5.02 Å². The summed E-state index contributed by atoms with van der Waals surface area (Å²) in [5.41, 5.74) is 1.36. The molecule has 0 spiro atoms. The quantitative estimate of drug-likeness (QED) is 0.909. The van der Waals surface area contributed by atoms with E-state index >= 15 is 0 Å². The first-order valence-corrected chi connectivity index (χ1v) is 5.57. The van der Waals surface area contributed by atoms with Gasteiger partial charge in [-0.05, 0) is 29.8 Å². The molecule has 0 fully saturated rings. The van der Waals surface area contributed by atoms with Crippen LogP contribution in [0, 0.1) is 5.82 Å². The highest BCUT2D eigenvalue weighted by Crippen LogP contribution is 2.22. The predicted octanol–water partition coefficient (Wildman–Crippen LogP) is 3.15. The van der Waals surface area contributed by atoms with E-state index in [4.69, 9.17) is 11.6 Å². The number of rotatable bonds is 3. The van der Waals surface area contributed by atoms with Crippen LogP contribution in [-0.2, 0) is 6.42 Å². The molecule has 4 heteroatoms. The van der Waals surface area contributed by atoms with Crippen LogP contribution in [0.15, 0.2) is 42.6 Å². The number of hydrogen-bond acceptors (Lipinski definition) is 2. The van der Waals surface area contributed by atoms with Gasteiger partial charge in [0, 0.05) is 18.3 Å². The highest BCUT2D eigenvalue weighted by Gasteiger charge is 2.11. The van der Waals surface area contributed by atoms with Gasteiger partial charge in [-0.15, -0.1) is 0 Å². The van der Waals surface area contributed by atoms with Gasteiger partial charge < -0.3 is 5.11 Å². The van der Waals surface area contributed by atoms with Crippen molar-refractivity contribution in [2.45, 2.75) is 12.5 Å². The zero-order valence-corrected chi connectivity index (χ0v) is 9.73. The van der Waals surface area contributed by atoms with Crippen LogP contribution in [0.25, 0.3) is 0 Å². The molecule has 0 amide bonds. The Balaban J connectivity index is 2.14. The van der Waals surface area contributed by atoms with Gasteiger partial charge in [0.1, 0.15) is 5.82 Å². The van der Waals surface area contributed by atoms with Crippen molar-refractivity contribution in [3.8, 4) is 0 Å². The molecule has 1 aromatic carbocycles. The third-order valence-corrected chi connectivity index (χ3v) is 2.75. The summed E-state index contributed by atoms with van der Waals surface area (Å²) in [6, 6.07) is 9.70. The van der Waals surface area contributed by atoms with Gasteiger partial charge in [-0.1, -0.05) is 23.7 Å². The van der Waals surface area contributed by atoms with E-state index in [1.54, 1.807) is 6.20 Å². The van der Waals surface area contributed by atoms with Crippen molar-refractivity contribution >= 4 is 11.6 Å².